The molecule has 1 aliphatic carbocycles. The van der Waals surface area contributed by atoms with Crippen molar-refractivity contribution in [1.29, 1.82) is 5.26 Å². The summed E-state index contributed by atoms with van der Waals surface area (Å²) in [5.41, 5.74) is 0.904. The minimum Gasteiger partial charge on any atom is -0.308 e. The van der Waals surface area contributed by atoms with Gasteiger partial charge in [0, 0.05) is 12.6 Å². The van der Waals surface area contributed by atoms with Crippen molar-refractivity contribution in [3.05, 3.63) is 11.9 Å². The molecule has 0 aromatic carbocycles. The third-order valence-electron chi connectivity index (χ3n) is 3.28. The average molecular weight is 219 g/mol. The fourth-order valence-corrected chi connectivity index (χ4v) is 1.94. The van der Waals surface area contributed by atoms with Gasteiger partial charge < -0.3 is 5.32 Å². The summed E-state index contributed by atoms with van der Waals surface area (Å²) in [6.45, 7) is 3.23. The number of hydrogen-bond acceptors (Lipinski definition) is 4. The van der Waals surface area contributed by atoms with Crippen molar-refractivity contribution in [2.24, 2.45) is 5.92 Å². The van der Waals surface area contributed by atoms with Crippen LogP contribution in [-0.4, -0.2) is 21.0 Å². The minimum atomic E-state index is 0.269. The first-order chi connectivity index (χ1) is 7.79. The molecule has 0 bridgehead atoms. The summed E-state index contributed by atoms with van der Waals surface area (Å²) >= 11 is 0. The van der Waals surface area contributed by atoms with Crippen molar-refractivity contribution in [3.8, 4) is 6.07 Å². The molecule has 1 aliphatic rings. The van der Waals surface area contributed by atoms with E-state index in [1.54, 1.807) is 4.68 Å². The van der Waals surface area contributed by atoms with Gasteiger partial charge in [-0.05, 0) is 25.7 Å². The number of rotatable bonds is 5. The Bertz CT molecular complexity index is 374. The Balaban J connectivity index is 1.77. The van der Waals surface area contributed by atoms with Crippen molar-refractivity contribution < 1.29 is 0 Å². The van der Waals surface area contributed by atoms with Crippen molar-refractivity contribution in [3.63, 3.8) is 0 Å². The van der Waals surface area contributed by atoms with Crippen LogP contribution in [0.1, 0.15) is 31.9 Å². The SMILES string of the molecule is C[C@@H](NCc1cn(CC#N)nn1)C1CCC1. The maximum atomic E-state index is 8.51. The molecule has 0 unspecified atom stereocenters. The van der Waals surface area contributed by atoms with Crippen LogP contribution in [0.25, 0.3) is 0 Å². The van der Waals surface area contributed by atoms with Gasteiger partial charge in [-0.1, -0.05) is 11.6 Å². The standard InChI is InChI=1S/C11H17N5/c1-9(10-3-2-4-10)13-7-11-8-16(6-5-12)15-14-11/h8-10,13H,2-4,6-7H2,1H3/t9-/m1/s1. The van der Waals surface area contributed by atoms with Gasteiger partial charge in [0.15, 0.2) is 0 Å². The van der Waals surface area contributed by atoms with Crippen LogP contribution in [0.5, 0.6) is 0 Å². The van der Waals surface area contributed by atoms with E-state index in [0.29, 0.717) is 6.04 Å². The zero-order valence-corrected chi connectivity index (χ0v) is 9.56. The number of hydrogen-bond donors (Lipinski definition) is 1. The monoisotopic (exact) mass is 219 g/mol. The third kappa shape index (κ3) is 2.58. The molecule has 86 valence electrons. The highest BCUT2D eigenvalue weighted by atomic mass is 15.4. The smallest absolute Gasteiger partial charge is 0.129 e. The Labute approximate surface area is 95.4 Å². The molecule has 1 saturated carbocycles. The van der Waals surface area contributed by atoms with E-state index in [2.05, 4.69) is 22.6 Å². The van der Waals surface area contributed by atoms with Gasteiger partial charge in [0.2, 0.25) is 0 Å². The maximum Gasteiger partial charge on any atom is 0.129 e. The van der Waals surface area contributed by atoms with E-state index >= 15 is 0 Å². The Morgan fingerprint density at radius 3 is 3.12 bits per heavy atom. The van der Waals surface area contributed by atoms with Gasteiger partial charge in [0.05, 0.1) is 18.0 Å². The van der Waals surface area contributed by atoms with Crippen LogP contribution in [-0.2, 0) is 13.1 Å². The van der Waals surface area contributed by atoms with Crippen molar-refractivity contribution in [1.82, 2.24) is 20.3 Å². The van der Waals surface area contributed by atoms with E-state index in [1.807, 2.05) is 12.3 Å². The lowest BCUT2D eigenvalue weighted by Crippen LogP contribution is -2.36. The lowest BCUT2D eigenvalue weighted by Gasteiger charge is -2.31. The molecule has 1 aromatic heterocycles. The normalized spacial score (nSPS) is 17.8. The number of nitrogens with one attached hydrogen (secondary N) is 1. The molecule has 0 radical (unpaired) electrons. The molecule has 0 amide bonds. The van der Waals surface area contributed by atoms with Crippen molar-refractivity contribution in [2.45, 2.75) is 45.3 Å². The van der Waals surface area contributed by atoms with E-state index in [-0.39, 0.29) is 6.54 Å². The number of aromatic nitrogens is 3. The van der Waals surface area contributed by atoms with Crippen LogP contribution < -0.4 is 5.32 Å². The summed E-state index contributed by atoms with van der Waals surface area (Å²) in [5.74, 6) is 0.828. The Hall–Kier alpha value is -1.41. The first kappa shape index (κ1) is 11.1. The first-order valence-electron chi connectivity index (χ1n) is 5.79. The first-order valence-corrected chi connectivity index (χ1v) is 5.79. The Kier molecular flexibility index (Phi) is 3.52. The van der Waals surface area contributed by atoms with Crippen molar-refractivity contribution >= 4 is 0 Å². The van der Waals surface area contributed by atoms with Gasteiger partial charge in [0.25, 0.3) is 0 Å². The van der Waals surface area contributed by atoms with E-state index in [0.717, 1.165) is 18.2 Å². The molecule has 2 rings (SSSR count). The molecule has 5 nitrogen and oxygen atoms in total. The second-order valence-electron chi connectivity index (χ2n) is 4.43. The Morgan fingerprint density at radius 2 is 2.50 bits per heavy atom. The fourth-order valence-electron chi connectivity index (χ4n) is 1.94. The van der Waals surface area contributed by atoms with E-state index in [9.17, 15) is 0 Å². The van der Waals surface area contributed by atoms with Crippen LogP contribution in [0.2, 0.25) is 0 Å². The summed E-state index contributed by atoms with van der Waals surface area (Å²) < 4.78 is 1.56. The van der Waals surface area contributed by atoms with Gasteiger partial charge in [-0.3, -0.25) is 0 Å². The predicted molar refractivity (Wildman–Crippen MR) is 59.3 cm³/mol. The molecule has 5 heteroatoms. The third-order valence-corrected chi connectivity index (χ3v) is 3.28. The lowest BCUT2D eigenvalue weighted by atomic mass is 9.80. The van der Waals surface area contributed by atoms with Gasteiger partial charge in [-0.25, -0.2) is 4.68 Å². The molecule has 1 N–H and O–H groups in total. The van der Waals surface area contributed by atoms with Crippen LogP contribution in [0.3, 0.4) is 0 Å². The molecule has 16 heavy (non-hydrogen) atoms. The zero-order chi connectivity index (χ0) is 11.4. The van der Waals surface area contributed by atoms with E-state index < -0.39 is 0 Å². The highest BCUT2D eigenvalue weighted by Gasteiger charge is 2.23. The number of nitriles is 1. The molecular formula is C11H17N5. The summed E-state index contributed by atoms with van der Waals surface area (Å²) in [6.07, 6.45) is 5.88. The lowest BCUT2D eigenvalue weighted by molar-refractivity contribution is 0.239. The van der Waals surface area contributed by atoms with Crippen molar-refractivity contribution in [2.75, 3.05) is 0 Å². The minimum absolute atomic E-state index is 0.269. The predicted octanol–water partition coefficient (Wildman–Crippen LogP) is 1.08. The average Bonchev–Trinajstić information content (AvgIpc) is 2.61. The fraction of sp³-hybridized carbons (Fsp3) is 0.727. The van der Waals surface area contributed by atoms with Crippen LogP contribution in [0.15, 0.2) is 6.20 Å². The molecule has 1 atom stereocenters. The summed E-state index contributed by atoms with van der Waals surface area (Å²) in [7, 11) is 0. The second kappa shape index (κ2) is 5.08. The van der Waals surface area contributed by atoms with E-state index in [1.165, 1.54) is 19.3 Å². The van der Waals surface area contributed by atoms with E-state index in [4.69, 9.17) is 5.26 Å². The van der Waals surface area contributed by atoms with Crippen LogP contribution >= 0.6 is 0 Å². The molecule has 0 saturated heterocycles. The summed E-state index contributed by atoms with van der Waals surface area (Å²) in [5, 5.41) is 19.8. The topological polar surface area (TPSA) is 66.5 Å². The van der Waals surface area contributed by atoms with Crippen LogP contribution in [0, 0.1) is 17.2 Å². The Morgan fingerprint density at radius 1 is 1.69 bits per heavy atom. The highest BCUT2D eigenvalue weighted by Crippen LogP contribution is 2.29. The van der Waals surface area contributed by atoms with Gasteiger partial charge in [0.1, 0.15) is 6.54 Å². The molecular weight excluding hydrogens is 202 g/mol. The molecule has 1 aromatic rings. The van der Waals surface area contributed by atoms with Gasteiger partial charge in [-0.2, -0.15) is 5.26 Å². The molecule has 1 heterocycles. The molecule has 1 fully saturated rings. The van der Waals surface area contributed by atoms with Gasteiger partial charge in [-0.15, -0.1) is 5.10 Å². The molecule has 0 spiro atoms. The second-order valence-corrected chi connectivity index (χ2v) is 4.43. The largest absolute Gasteiger partial charge is 0.308 e. The summed E-state index contributed by atoms with van der Waals surface area (Å²) in [6, 6.07) is 2.59. The number of nitrogens with zero attached hydrogens (tertiary/aromatic N) is 4. The maximum absolute atomic E-state index is 8.51. The zero-order valence-electron chi connectivity index (χ0n) is 9.56. The van der Waals surface area contributed by atoms with Crippen LogP contribution in [0.4, 0.5) is 0 Å². The summed E-state index contributed by atoms with van der Waals surface area (Å²) in [4.78, 5) is 0. The highest BCUT2D eigenvalue weighted by molar-refractivity contribution is 4.94. The molecule has 0 aliphatic heterocycles. The van der Waals surface area contributed by atoms with Gasteiger partial charge >= 0.3 is 0 Å². The quantitative estimate of drug-likeness (QED) is 0.804.